The van der Waals surface area contributed by atoms with E-state index in [2.05, 4.69) is 28.9 Å². The van der Waals surface area contributed by atoms with Crippen LogP contribution in [0.2, 0.25) is 0 Å². The van der Waals surface area contributed by atoms with Crippen LogP contribution >= 0.6 is 0 Å². The average Bonchev–Trinajstić information content (AvgIpc) is 2.43. The summed E-state index contributed by atoms with van der Waals surface area (Å²) in [7, 11) is 4.28. The SMILES string of the molecule is CC(C)Oc1nc(N(C)CC2CCN(C)CC2)ccc1N. The largest absolute Gasteiger partial charge is 0.473 e. The zero-order valence-corrected chi connectivity index (χ0v) is 13.7. The van der Waals surface area contributed by atoms with E-state index < -0.39 is 0 Å². The van der Waals surface area contributed by atoms with Crippen LogP contribution in [0, 0.1) is 5.92 Å². The number of hydrogen-bond donors (Lipinski definition) is 1. The van der Waals surface area contributed by atoms with Crippen LogP contribution in [-0.2, 0) is 0 Å². The molecule has 2 rings (SSSR count). The summed E-state index contributed by atoms with van der Waals surface area (Å²) in [6.45, 7) is 7.38. The van der Waals surface area contributed by atoms with Gasteiger partial charge in [-0.3, -0.25) is 0 Å². The van der Waals surface area contributed by atoms with Crippen molar-refractivity contribution in [2.24, 2.45) is 5.92 Å². The minimum atomic E-state index is 0.0780. The zero-order valence-electron chi connectivity index (χ0n) is 13.7. The molecule has 21 heavy (non-hydrogen) atoms. The lowest BCUT2D eigenvalue weighted by Crippen LogP contribution is -2.36. The van der Waals surface area contributed by atoms with Gasteiger partial charge in [-0.05, 0) is 64.9 Å². The van der Waals surface area contributed by atoms with Crippen LogP contribution in [-0.4, -0.2) is 49.7 Å². The van der Waals surface area contributed by atoms with Crippen molar-refractivity contribution in [3.8, 4) is 5.88 Å². The average molecular weight is 292 g/mol. The number of nitrogens with zero attached hydrogens (tertiary/aromatic N) is 3. The van der Waals surface area contributed by atoms with Crippen LogP contribution in [0.5, 0.6) is 5.88 Å². The summed E-state index contributed by atoms with van der Waals surface area (Å²) in [4.78, 5) is 9.17. The normalized spacial score (nSPS) is 17.2. The number of hydrogen-bond acceptors (Lipinski definition) is 5. The van der Waals surface area contributed by atoms with E-state index in [-0.39, 0.29) is 6.10 Å². The van der Waals surface area contributed by atoms with E-state index in [0.29, 0.717) is 11.6 Å². The first-order chi connectivity index (χ1) is 9.95. The summed E-state index contributed by atoms with van der Waals surface area (Å²) in [6.07, 6.45) is 2.59. The van der Waals surface area contributed by atoms with E-state index in [4.69, 9.17) is 10.5 Å². The van der Waals surface area contributed by atoms with Gasteiger partial charge in [0.15, 0.2) is 0 Å². The fraction of sp³-hybridized carbons (Fsp3) is 0.688. The van der Waals surface area contributed by atoms with Gasteiger partial charge >= 0.3 is 0 Å². The second kappa shape index (κ2) is 6.98. The van der Waals surface area contributed by atoms with Gasteiger partial charge in [-0.1, -0.05) is 0 Å². The molecular weight excluding hydrogens is 264 g/mol. The maximum absolute atomic E-state index is 5.93. The molecule has 5 nitrogen and oxygen atoms in total. The van der Waals surface area contributed by atoms with Crippen molar-refractivity contribution in [2.45, 2.75) is 32.8 Å². The third-order valence-corrected chi connectivity index (χ3v) is 3.98. The van der Waals surface area contributed by atoms with Crippen LogP contribution in [0.1, 0.15) is 26.7 Å². The van der Waals surface area contributed by atoms with Crippen molar-refractivity contribution >= 4 is 11.5 Å². The third-order valence-electron chi connectivity index (χ3n) is 3.98. The van der Waals surface area contributed by atoms with E-state index in [0.717, 1.165) is 18.3 Å². The van der Waals surface area contributed by atoms with Gasteiger partial charge in [-0.15, -0.1) is 0 Å². The van der Waals surface area contributed by atoms with E-state index in [1.165, 1.54) is 25.9 Å². The van der Waals surface area contributed by atoms with Crippen molar-refractivity contribution in [1.82, 2.24) is 9.88 Å². The summed E-state index contributed by atoms with van der Waals surface area (Å²) in [5.74, 6) is 2.21. The number of likely N-dealkylation sites (tertiary alicyclic amines) is 1. The first kappa shape index (κ1) is 15.9. The van der Waals surface area contributed by atoms with Gasteiger partial charge in [-0.2, -0.15) is 4.98 Å². The lowest BCUT2D eigenvalue weighted by molar-refractivity contribution is 0.221. The maximum atomic E-state index is 5.93. The van der Waals surface area contributed by atoms with Gasteiger partial charge in [-0.25, -0.2) is 0 Å². The van der Waals surface area contributed by atoms with Crippen molar-refractivity contribution in [2.75, 3.05) is 44.4 Å². The minimum absolute atomic E-state index is 0.0780. The highest BCUT2D eigenvalue weighted by atomic mass is 16.5. The molecule has 1 aliphatic heterocycles. The molecule has 0 atom stereocenters. The maximum Gasteiger partial charge on any atom is 0.239 e. The predicted molar refractivity (Wildman–Crippen MR) is 87.9 cm³/mol. The first-order valence-electron chi connectivity index (χ1n) is 7.78. The van der Waals surface area contributed by atoms with Crippen molar-refractivity contribution in [1.29, 1.82) is 0 Å². The number of piperidine rings is 1. The van der Waals surface area contributed by atoms with Gasteiger partial charge in [0.25, 0.3) is 0 Å². The second-order valence-corrected chi connectivity index (χ2v) is 6.36. The van der Waals surface area contributed by atoms with Crippen LogP contribution < -0.4 is 15.4 Å². The molecule has 1 aliphatic rings. The summed E-state index contributed by atoms with van der Waals surface area (Å²) < 4.78 is 5.67. The van der Waals surface area contributed by atoms with Crippen LogP contribution in [0.25, 0.3) is 0 Å². The van der Waals surface area contributed by atoms with E-state index in [1.54, 1.807) is 0 Å². The van der Waals surface area contributed by atoms with Gasteiger partial charge in [0.1, 0.15) is 5.82 Å². The summed E-state index contributed by atoms with van der Waals surface area (Å²) >= 11 is 0. The molecule has 0 radical (unpaired) electrons. The fourth-order valence-corrected chi connectivity index (χ4v) is 2.70. The number of ether oxygens (including phenoxy) is 1. The molecule has 0 spiro atoms. The number of anilines is 2. The van der Waals surface area contributed by atoms with Gasteiger partial charge in [0.2, 0.25) is 5.88 Å². The van der Waals surface area contributed by atoms with Crippen molar-refractivity contribution in [3.05, 3.63) is 12.1 Å². The monoisotopic (exact) mass is 292 g/mol. The zero-order chi connectivity index (χ0) is 15.4. The summed E-state index contributed by atoms with van der Waals surface area (Å²) in [5, 5.41) is 0. The fourth-order valence-electron chi connectivity index (χ4n) is 2.70. The molecule has 0 amide bonds. The van der Waals surface area contributed by atoms with Crippen LogP contribution in [0.4, 0.5) is 11.5 Å². The molecular formula is C16H28N4O. The second-order valence-electron chi connectivity index (χ2n) is 6.36. The highest BCUT2D eigenvalue weighted by Crippen LogP contribution is 2.25. The first-order valence-corrected chi connectivity index (χ1v) is 7.78. The van der Waals surface area contributed by atoms with Gasteiger partial charge < -0.3 is 20.3 Å². The molecule has 118 valence electrons. The Kier molecular flexibility index (Phi) is 5.28. The number of rotatable bonds is 5. The Bertz CT molecular complexity index is 456. The molecule has 5 heteroatoms. The van der Waals surface area contributed by atoms with E-state index in [9.17, 15) is 0 Å². The molecule has 0 aromatic carbocycles. The molecule has 2 N–H and O–H groups in total. The van der Waals surface area contributed by atoms with Crippen LogP contribution in [0.3, 0.4) is 0 Å². The van der Waals surface area contributed by atoms with Crippen molar-refractivity contribution < 1.29 is 4.74 Å². The molecule has 1 fully saturated rings. The Morgan fingerprint density at radius 2 is 2.05 bits per heavy atom. The van der Waals surface area contributed by atoms with Crippen LogP contribution in [0.15, 0.2) is 12.1 Å². The Balaban J connectivity index is 2.00. The number of nitrogens with two attached hydrogens (primary N) is 1. The van der Waals surface area contributed by atoms with Gasteiger partial charge in [0.05, 0.1) is 11.8 Å². The Morgan fingerprint density at radius 3 is 2.67 bits per heavy atom. The smallest absolute Gasteiger partial charge is 0.239 e. The highest BCUT2D eigenvalue weighted by molar-refractivity contribution is 5.54. The number of pyridine rings is 1. The Hall–Kier alpha value is -1.49. The quantitative estimate of drug-likeness (QED) is 0.902. The summed E-state index contributed by atoms with van der Waals surface area (Å²) in [5.41, 5.74) is 6.52. The number of nitrogen functional groups attached to an aromatic ring is 1. The van der Waals surface area contributed by atoms with E-state index in [1.807, 2.05) is 26.0 Å². The Morgan fingerprint density at radius 1 is 1.38 bits per heavy atom. The summed E-state index contributed by atoms with van der Waals surface area (Å²) in [6, 6.07) is 3.85. The molecule has 1 aromatic rings. The molecule has 1 aromatic heterocycles. The molecule has 1 saturated heterocycles. The van der Waals surface area contributed by atoms with Crippen molar-refractivity contribution in [3.63, 3.8) is 0 Å². The molecule has 0 saturated carbocycles. The lowest BCUT2D eigenvalue weighted by Gasteiger charge is -2.32. The molecule has 0 bridgehead atoms. The molecule has 0 aliphatic carbocycles. The molecule has 2 heterocycles. The van der Waals surface area contributed by atoms with E-state index >= 15 is 0 Å². The topological polar surface area (TPSA) is 54.6 Å². The predicted octanol–water partition coefficient (Wildman–Crippen LogP) is 2.23. The van der Waals surface area contributed by atoms with Gasteiger partial charge in [0, 0.05) is 13.6 Å². The lowest BCUT2D eigenvalue weighted by atomic mass is 9.97. The Labute approximate surface area is 128 Å². The number of aromatic nitrogens is 1. The third kappa shape index (κ3) is 4.49. The minimum Gasteiger partial charge on any atom is -0.473 e. The standard InChI is InChI=1S/C16H28N4O/c1-12(2)21-16-14(17)5-6-15(18-16)20(4)11-13-7-9-19(3)10-8-13/h5-6,12-13H,7-11,17H2,1-4H3. The highest BCUT2D eigenvalue weighted by Gasteiger charge is 2.19. The molecule has 0 unspecified atom stereocenters.